The van der Waals surface area contributed by atoms with Gasteiger partial charge in [0.15, 0.2) is 0 Å². The molecular weight excluding hydrogens is 196 g/mol. The summed E-state index contributed by atoms with van der Waals surface area (Å²) in [4.78, 5) is 1.00. The van der Waals surface area contributed by atoms with Gasteiger partial charge in [-0.25, -0.2) is 0 Å². The molecule has 1 N–H and O–H groups in total. The van der Waals surface area contributed by atoms with Crippen LogP contribution in [0.15, 0.2) is 29.2 Å². The molecule has 1 rings (SSSR count). The highest BCUT2D eigenvalue weighted by Gasteiger charge is 2.14. The Morgan fingerprint density at radius 1 is 1.23 bits per heavy atom. The van der Waals surface area contributed by atoms with Crippen molar-refractivity contribution in [2.24, 2.45) is 0 Å². The van der Waals surface area contributed by atoms with Gasteiger partial charge in [-0.1, -0.05) is 31.8 Å². The number of phenolic OH excluding ortho intramolecular Hbond substituents is 1. The molecule has 0 aliphatic rings. The van der Waals surface area contributed by atoms with Gasteiger partial charge < -0.3 is 5.11 Å². The second kappa shape index (κ2) is 4.20. The van der Waals surface area contributed by atoms with Gasteiger partial charge in [-0.05, 0) is 17.5 Å². The Morgan fingerprint density at radius 3 is 2.38 bits per heavy atom. The minimum atomic E-state index is -1.01. The van der Waals surface area contributed by atoms with Gasteiger partial charge in [0.25, 0.3) is 0 Å². The number of thioether (sulfide) groups is 1. The predicted octanol–water partition coefficient (Wildman–Crippen LogP) is 3.36. The lowest BCUT2D eigenvalue weighted by Crippen LogP contribution is -2.23. The molecule has 72 valence electrons. The van der Waals surface area contributed by atoms with Gasteiger partial charge in [-0.15, -0.1) is 11.8 Å². The lowest BCUT2D eigenvalue weighted by molar-refractivity contribution is 0.462. The third-order valence-electron chi connectivity index (χ3n) is 1.53. The fourth-order valence-electron chi connectivity index (χ4n) is 0.873. The van der Waals surface area contributed by atoms with Gasteiger partial charge in [0.2, 0.25) is 0 Å². The zero-order chi connectivity index (χ0) is 9.90. The normalized spacial score (nSPS) is 11.6. The summed E-state index contributed by atoms with van der Waals surface area (Å²) in [7, 11) is -1.01. The van der Waals surface area contributed by atoms with Crippen LogP contribution in [0.3, 0.4) is 0 Å². The van der Waals surface area contributed by atoms with E-state index in [9.17, 15) is 5.11 Å². The van der Waals surface area contributed by atoms with Crippen molar-refractivity contribution in [3.63, 3.8) is 0 Å². The van der Waals surface area contributed by atoms with Crippen LogP contribution in [0.4, 0.5) is 0 Å². The van der Waals surface area contributed by atoms with E-state index in [1.807, 2.05) is 18.2 Å². The first-order chi connectivity index (χ1) is 5.99. The molecule has 0 atom stereocenters. The average molecular weight is 212 g/mol. The Kier molecular flexibility index (Phi) is 3.45. The second-order valence-corrected chi connectivity index (χ2v) is 11.3. The van der Waals surface area contributed by atoms with Gasteiger partial charge in [0.1, 0.15) is 5.75 Å². The summed E-state index contributed by atoms with van der Waals surface area (Å²) in [5.41, 5.74) is 0. The Hall–Kier alpha value is -0.413. The highest BCUT2D eigenvalue weighted by molar-refractivity contribution is 8.01. The maximum absolute atomic E-state index is 9.50. The molecule has 13 heavy (non-hydrogen) atoms. The summed E-state index contributed by atoms with van der Waals surface area (Å²) in [5.74, 6) is 0.408. The van der Waals surface area contributed by atoms with Gasteiger partial charge in [0.05, 0.1) is 8.07 Å². The monoisotopic (exact) mass is 212 g/mol. The van der Waals surface area contributed by atoms with Crippen LogP contribution >= 0.6 is 11.8 Å². The molecule has 0 aliphatic carbocycles. The first-order valence-electron chi connectivity index (χ1n) is 4.40. The average Bonchev–Trinajstić information content (AvgIpc) is 2.01. The van der Waals surface area contributed by atoms with Crippen LogP contribution in [0, 0.1) is 0 Å². The molecular formula is C10H16OSSi. The fraction of sp³-hybridized carbons (Fsp3) is 0.400. The van der Waals surface area contributed by atoms with E-state index in [-0.39, 0.29) is 0 Å². The summed E-state index contributed by atoms with van der Waals surface area (Å²) in [5, 5.41) is 10.7. The Bertz CT molecular complexity index is 280. The van der Waals surface area contributed by atoms with Crippen LogP contribution in [0.2, 0.25) is 19.6 Å². The molecule has 0 amide bonds. The molecule has 0 saturated heterocycles. The quantitative estimate of drug-likeness (QED) is 0.612. The molecule has 1 aromatic rings. The maximum atomic E-state index is 9.50. The number of phenols is 1. The highest BCUT2D eigenvalue weighted by Crippen LogP contribution is 2.29. The first kappa shape index (κ1) is 10.7. The van der Waals surface area contributed by atoms with E-state index < -0.39 is 8.07 Å². The van der Waals surface area contributed by atoms with Crippen molar-refractivity contribution >= 4 is 19.8 Å². The maximum Gasteiger partial charge on any atom is 0.129 e. The molecule has 3 heteroatoms. The van der Waals surface area contributed by atoms with Crippen molar-refractivity contribution in [2.45, 2.75) is 24.5 Å². The largest absolute Gasteiger partial charge is 0.507 e. The van der Waals surface area contributed by atoms with E-state index in [0.29, 0.717) is 5.75 Å². The fourth-order valence-corrected chi connectivity index (χ4v) is 3.62. The molecule has 0 saturated carbocycles. The number of para-hydroxylation sites is 1. The zero-order valence-corrected chi connectivity index (χ0v) is 10.2. The summed E-state index contributed by atoms with van der Waals surface area (Å²) < 4.78 is 0. The first-order valence-corrected chi connectivity index (χ1v) is 9.09. The van der Waals surface area contributed by atoms with Crippen molar-refractivity contribution < 1.29 is 5.11 Å². The molecule has 0 aromatic heterocycles. The SMILES string of the molecule is C[Si](C)(C)CSc1ccccc1O. The predicted molar refractivity (Wildman–Crippen MR) is 62.2 cm³/mol. The Balaban J connectivity index is 2.60. The van der Waals surface area contributed by atoms with Crippen LogP contribution in [0.5, 0.6) is 5.75 Å². The molecule has 0 heterocycles. The van der Waals surface area contributed by atoms with Crippen LogP contribution in [-0.2, 0) is 0 Å². The van der Waals surface area contributed by atoms with Crippen molar-refractivity contribution in [3.05, 3.63) is 24.3 Å². The summed E-state index contributed by atoms with van der Waals surface area (Å²) in [6.07, 6.45) is 0. The minimum absolute atomic E-state index is 0.408. The molecule has 1 aromatic carbocycles. The molecule has 0 aliphatic heterocycles. The molecule has 1 nitrogen and oxygen atoms in total. The molecule has 0 spiro atoms. The third kappa shape index (κ3) is 3.87. The standard InChI is InChI=1S/C10H16OSSi/c1-13(2,3)8-12-10-7-5-4-6-9(10)11/h4-7,11H,8H2,1-3H3. The molecule has 0 unspecified atom stereocenters. The van der Waals surface area contributed by atoms with E-state index in [1.165, 1.54) is 0 Å². The zero-order valence-electron chi connectivity index (χ0n) is 8.37. The topological polar surface area (TPSA) is 20.2 Å². The smallest absolute Gasteiger partial charge is 0.129 e. The highest BCUT2D eigenvalue weighted by atomic mass is 32.2. The van der Waals surface area contributed by atoms with Gasteiger partial charge in [0, 0.05) is 4.90 Å². The second-order valence-electron chi connectivity index (χ2n) is 4.32. The molecule has 0 fully saturated rings. The number of hydrogen-bond donors (Lipinski definition) is 1. The minimum Gasteiger partial charge on any atom is -0.507 e. The van der Waals surface area contributed by atoms with Crippen LogP contribution in [0.1, 0.15) is 0 Å². The third-order valence-corrected chi connectivity index (χ3v) is 6.22. The van der Waals surface area contributed by atoms with Crippen molar-refractivity contribution in [1.29, 1.82) is 0 Å². The lowest BCUT2D eigenvalue weighted by atomic mass is 10.3. The molecule has 0 bridgehead atoms. The summed E-state index contributed by atoms with van der Waals surface area (Å²) in [6.45, 7) is 7.00. The van der Waals surface area contributed by atoms with Crippen molar-refractivity contribution in [3.8, 4) is 5.75 Å². The Morgan fingerprint density at radius 2 is 1.85 bits per heavy atom. The van der Waals surface area contributed by atoms with Crippen molar-refractivity contribution in [2.75, 3.05) is 5.38 Å². The van der Waals surface area contributed by atoms with Gasteiger partial charge in [-0.2, -0.15) is 0 Å². The van der Waals surface area contributed by atoms with E-state index in [1.54, 1.807) is 17.8 Å². The summed E-state index contributed by atoms with van der Waals surface area (Å²) in [6, 6.07) is 7.53. The van der Waals surface area contributed by atoms with Crippen LogP contribution < -0.4 is 0 Å². The molecule has 0 radical (unpaired) electrons. The van der Waals surface area contributed by atoms with Gasteiger partial charge >= 0.3 is 0 Å². The number of aromatic hydroxyl groups is 1. The Labute approximate surface area is 85.2 Å². The number of benzene rings is 1. The van der Waals surface area contributed by atoms with Gasteiger partial charge in [-0.3, -0.25) is 0 Å². The number of rotatable bonds is 3. The number of hydrogen-bond acceptors (Lipinski definition) is 2. The van der Waals surface area contributed by atoms with Crippen LogP contribution in [0.25, 0.3) is 0 Å². The lowest BCUT2D eigenvalue weighted by Gasteiger charge is -2.15. The van der Waals surface area contributed by atoms with E-state index in [0.717, 1.165) is 10.3 Å². The van der Waals surface area contributed by atoms with Crippen molar-refractivity contribution in [1.82, 2.24) is 0 Å². The van der Waals surface area contributed by atoms with E-state index in [2.05, 4.69) is 19.6 Å². The van der Waals surface area contributed by atoms with E-state index in [4.69, 9.17) is 0 Å². The van der Waals surface area contributed by atoms with Crippen LogP contribution in [-0.4, -0.2) is 18.6 Å². The summed E-state index contributed by atoms with van der Waals surface area (Å²) >= 11 is 1.77. The van der Waals surface area contributed by atoms with E-state index >= 15 is 0 Å².